The summed E-state index contributed by atoms with van der Waals surface area (Å²) >= 11 is 0. The molecule has 4 nitrogen and oxygen atoms in total. The molecule has 0 aliphatic rings. The van der Waals surface area contributed by atoms with Crippen LogP contribution in [0.25, 0.3) is 0 Å². The predicted octanol–water partition coefficient (Wildman–Crippen LogP) is 8.55. The Labute approximate surface area is 199 Å². The van der Waals surface area contributed by atoms with E-state index < -0.39 is 0 Å². The third-order valence-corrected chi connectivity index (χ3v) is 6.19. The molecular weight excluding hydrogens is 400 g/mol. The maximum atomic E-state index is 11.6. The fraction of sp³-hybridized carbons (Fsp3) is 0.929. The molecule has 0 N–H and O–H groups in total. The van der Waals surface area contributed by atoms with Gasteiger partial charge < -0.3 is 9.47 Å². The summed E-state index contributed by atoms with van der Waals surface area (Å²) in [6, 6.07) is 0. The van der Waals surface area contributed by atoms with Gasteiger partial charge in [0.1, 0.15) is 0 Å². The molecule has 0 aliphatic carbocycles. The number of carbonyl (C=O) groups excluding carboxylic acids is 2. The van der Waals surface area contributed by atoms with Gasteiger partial charge in [-0.05, 0) is 31.6 Å². The van der Waals surface area contributed by atoms with E-state index in [1.54, 1.807) is 0 Å². The summed E-state index contributed by atoms with van der Waals surface area (Å²) < 4.78 is 10.4. The zero-order valence-electron chi connectivity index (χ0n) is 21.8. The molecule has 0 heterocycles. The molecule has 0 spiro atoms. The van der Waals surface area contributed by atoms with Crippen molar-refractivity contribution in [3.63, 3.8) is 0 Å². The van der Waals surface area contributed by atoms with Gasteiger partial charge in [-0.15, -0.1) is 0 Å². The summed E-state index contributed by atoms with van der Waals surface area (Å²) in [6.07, 6.45) is 22.9. The van der Waals surface area contributed by atoms with E-state index in [9.17, 15) is 9.59 Å². The molecule has 0 amide bonds. The average molecular weight is 455 g/mol. The number of hydrogen-bond donors (Lipinski definition) is 0. The zero-order valence-corrected chi connectivity index (χ0v) is 21.8. The summed E-state index contributed by atoms with van der Waals surface area (Å²) in [5.74, 6) is 0.587. The third kappa shape index (κ3) is 23.6. The lowest BCUT2D eigenvalue weighted by atomic mass is 9.97. The van der Waals surface area contributed by atoms with E-state index in [2.05, 4.69) is 20.8 Å². The lowest BCUT2D eigenvalue weighted by Gasteiger charge is -2.11. The highest BCUT2D eigenvalue weighted by molar-refractivity contribution is 5.69. The first kappa shape index (κ1) is 30.9. The average Bonchev–Trinajstić information content (AvgIpc) is 2.78. The Hall–Kier alpha value is -1.06. The molecule has 0 rings (SSSR count). The number of esters is 2. The van der Waals surface area contributed by atoms with Gasteiger partial charge in [-0.1, -0.05) is 111 Å². The molecule has 4 heteroatoms. The molecule has 190 valence electrons. The zero-order chi connectivity index (χ0) is 23.7. The minimum absolute atomic E-state index is 0.0181. The Morgan fingerprint density at radius 1 is 0.531 bits per heavy atom. The van der Waals surface area contributed by atoms with Crippen LogP contribution < -0.4 is 0 Å². The van der Waals surface area contributed by atoms with Crippen LogP contribution in [0.4, 0.5) is 0 Å². The van der Waals surface area contributed by atoms with E-state index in [4.69, 9.17) is 9.47 Å². The first-order valence-electron chi connectivity index (χ1n) is 13.9. The van der Waals surface area contributed by atoms with Crippen molar-refractivity contribution < 1.29 is 19.1 Å². The SMILES string of the molecule is CCCCOC(=O)CCCCCCCCCCCCCCC(C)CCC(=O)OCCCC. The number of carbonyl (C=O) groups is 2. The lowest BCUT2D eigenvalue weighted by molar-refractivity contribution is -0.144. The molecule has 0 aromatic carbocycles. The van der Waals surface area contributed by atoms with E-state index in [0.29, 0.717) is 32.0 Å². The summed E-state index contributed by atoms with van der Waals surface area (Å²) in [7, 11) is 0. The predicted molar refractivity (Wildman–Crippen MR) is 135 cm³/mol. The van der Waals surface area contributed by atoms with Gasteiger partial charge in [0.05, 0.1) is 13.2 Å². The number of unbranched alkanes of at least 4 members (excludes halogenated alkanes) is 13. The van der Waals surface area contributed by atoms with Crippen molar-refractivity contribution in [3.8, 4) is 0 Å². The molecule has 0 saturated heterocycles. The number of hydrogen-bond acceptors (Lipinski definition) is 4. The van der Waals surface area contributed by atoms with E-state index >= 15 is 0 Å². The molecule has 1 unspecified atom stereocenters. The second-order valence-corrected chi connectivity index (χ2v) is 9.57. The second-order valence-electron chi connectivity index (χ2n) is 9.57. The minimum atomic E-state index is -0.0205. The normalized spacial score (nSPS) is 12.0. The van der Waals surface area contributed by atoms with Crippen LogP contribution in [0.15, 0.2) is 0 Å². The Bertz CT molecular complexity index is 422. The van der Waals surface area contributed by atoms with E-state index in [1.807, 2.05) is 0 Å². The van der Waals surface area contributed by atoms with Gasteiger partial charge in [0.25, 0.3) is 0 Å². The van der Waals surface area contributed by atoms with Gasteiger partial charge in [0, 0.05) is 12.8 Å². The summed E-state index contributed by atoms with van der Waals surface area (Å²) in [5, 5.41) is 0. The minimum Gasteiger partial charge on any atom is -0.466 e. The van der Waals surface area contributed by atoms with E-state index in [0.717, 1.165) is 44.9 Å². The van der Waals surface area contributed by atoms with Crippen LogP contribution in [0, 0.1) is 5.92 Å². The standard InChI is InChI=1S/C28H54O4/c1-4-6-24-31-27(29)21-19-17-15-13-11-9-8-10-12-14-16-18-20-26(3)22-23-28(30)32-25-7-5-2/h26H,4-25H2,1-3H3. The quantitative estimate of drug-likeness (QED) is 0.108. The first-order chi connectivity index (χ1) is 15.6. The van der Waals surface area contributed by atoms with Gasteiger partial charge in [0.15, 0.2) is 0 Å². The summed E-state index contributed by atoms with van der Waals surface area (Å²) in [6.45, 7) is 7.65. The van der Waals surface area contributed by atoms with Crippen molar-refractivity contribution in [2.45, 2.75) is 149 Å². The molecule has 0 aliphatic heterocycles. The highest BCUT2D eigenvalue weighted by atomic mass is 16.5. The molecular formula is C28H54O4. The van der Waals surface area contributed by atoms with E-state index in [-0.39, 0.29) is 11.9 Å². The molecule has 32 heavy (non-hydrogen) atoms. The van der Waals surface area contributed by atoms with Gasteiger partial charge in [-0.2, -0.15) is 0 Å². The molecule has 0 bridgehead atoms. The van der Waals surface area contributed by atoms with Crippen LogP contribution >= 0.6 is 0 Å². The number of ether oxygens (including phenoxy) is 2. The fourth-order valence-corrected chi connectivity index (χ4v) is 3.84. The van der Waals surface area contributed by atoms with Crippen molar-refractivity contribution in [2.24, 2.45) is 5.92 Å². The Balaban J connectivity index is 3.26. The van der Waals surface area contributed by atoms with Crippen molar-refractivity contribution >= 4 is 11.9 Å². The smallest absolute Gasteiger partial charge is 0.305 e. The largest absolute Gasteiger partial charge is 0.466 e. The van der Waals surface area contributed by atoms with Crippen LogP contribution in [0.1, 0.15) is 149 Å². The van der Waals surface area contributed by atoms with Gasteiger partial charge in [-0.3, -0.25) is 9.59 Å². The lowest BCUT2D eigenvalue weighted by Crippen LogP contribution is -2.07. The van der Waals surface area contributed by atoms with Crippen molar-refractivity contribution in [3.05, 3.63) is 0 Å². The summed E-state index contributed by atoms with van der Waals surface area (Å²) in [5.41, 5.74) is 0. The molecule has 0 fully saturated rings. The fourth-order valence-electron chi connectivity index (χ4n) is 3.84. The van der Waals surface area contributed by atoms with Crippen LogP contribution in [0.3, 0.4) is 0 Å². The first-order valence-corrected chi connectivity index (χ1v) is 13.9. The highest BCUT2D eigenvalue weighted by Gasteiger charge is 2.07. The summed E-state index contributed by atoms with van der Waals surface area (Å²) in [4.78, 5) is 23.1. The molecule has 1 atom stereocenters. The molecule has 0 radical (unpaired) electrons. The van der Waals surface area contributed by atoms with Crippen LogP contribution in [0.5, 0.6) is 0 Å². The van der Waals surface area contributed by atoms with E-state index in [1.165, 1.54) is 70.6 Å². The highest BCUT2D eigenvalue weighted by Crippen LogP contribution is 2.17. The van der Waals surface area contributed by atoms with Crippen LogP contribution in [-0.2, 0) is 19.1 Å². The van der Waals surface area contributed by atoms with Gasteiger partial charge in [0.2, 0.25) is 0 Å². The maximum absolute atomic E-state index is 11.6. The van der Waals surface area contributed by atoms with Crippen molar-refractivity contribution in [2.75, 3.05) is 13.2 Å². The maximum Gasteiger partial charge on any atom is 0.305 e. The molecule has 0 saturated carbocycles. The Morgan fingerprint density at radius 2 is 0.938 bits per heavy atom. The van der Waals surface area contributed by atoms with Crippen LogP contribution in [-0.4, -0.2) is 25.2 Å². The van der Waals surface area contributed by atoms with Gasteiger partial charge in [-0.25, -0.2) is 0 Å². The van der Waals surface area contributed by atoms with Crippen molar-refractivity contribution in [1.29, 1.82) is 0 Å². The molecule has 0 aromatic heterocycles. The topological polar surface area (TPSA) is 52.6 Å². The van der Waals surface area contributed by atoms with Crippen LogP contribution in [0.2, 0.25) is 0 Å². The third-order valence-electron chi connectivity index (χ3n) is 6.19. The van der Waals surface area contributed by atoms with Gasteiger partial charge >= 0.3 is 11.9 Å². The Kier molecular flexibility index (Phi) is 23.8. The molecule has 0 aromatic rings. The Morgan fingerprint density at radius 3 is 1.41 bits per heavy atom. The monoisotopic (exact) mass is 454 g/mol. The van der Waals surface area contributed by atoms with Crippen molar-refractivity contribution in [1.82, 2.24) is 0 Å². The number of rotatable bonds is 24. The second kappa shape index (κ2) is 24.6.